The van der Waals surface area contributed by atoms with Gasteiger partial charge in [-0.15, -0.1) is 11.3 Å². The quantitative estimate of drug-likeness (QED) is 0.666. The van der Waals surface area contributed by atoms with E-state index in [4.69, 9.17) is 0 Å². The SMILES string of the molecule is CCNC(=O)Cc1cc2c(NC(=O)c3ccc(C)cc3)[nH]nc2s1. The fraction of sp³-hybridized carbons (Fsp3) is 0.235. The lowest BCUT2D eigenvalue weighted by Crippen LogP contribution is -2.23. The number of amides is 2. The Hall–Kier alpha value is -2.67. The van der Waals surface area contributed by atoms with Gasteiger partial charge in [-0.05, 0) is 32.0 Å². The van der Waals surface area contributed by atoms with E-state index in [2.05, 4.69) is 20.8 Å². The average molecular weight is 342 g/mol. The van der Waals surface area contributed by atoms with Gasteiger partial charge in [0.2, 0.25) is 5.91 Å². The molecule has 3 rings (SSSR count). The number of hydrogen-bond acceptors (Lipinski definition) is 4. The number of hydrogen-bond donors (Lipinski definition) is 3. The van der Waals surface area contributed by atoms with E-state index >= 15 is 0 Å². The lowest BCUT2D eigenvalue weighted by Gasteiger charge is -2.03. The Bertz CT molecular complexity index is 880. The highest BCUT2D eigenvalue weighted by Gasteiger charge is 2.15. The number of fused-ring (bicyclic) bond motifs is 1. The molecule has 6 nitrogen and oxygen atoms in total. The molecule has 24 heavy (non-hydrogen) atoms. The van der Waals surface area contributed by atoms with Crippen LogP contribution in [0.4, 0.5) is 5.82 Å². The van der Waals surface area contributed by atoms with Gasteiger partial charge >= 0.3 is 0 Å². The summed E-state index contributed by atoms with van der Waals surface area (Å²) in [6.07, 6.45) is 0.320. The van der Waals surface area contributed by atoms with Crippen molar-refractivity contribution in [2.24, 2.45) is 0 Å². The third kappa shape index (κ3) is 3.46. The van der Waals surface area contributed by atoms with Gasteiger partial charge in [-0.25, -0.2) is 0 Å². The van der Waals surface area contributed by atoms with Crippen LogP contribution in [0.1, 0.15) is 27.7 Å². The fourth-order valence-corrected chi connectivity index (χ4v) is 3.34. The van der Waals surface area contributed by atoms with E-state index in [0.29, 0.717) is 24.3 Å². The van der Waals surface area contributed by atoms with Crippen molar-refractivity contribution in [2.45, 2.75) is 20.3 Å². The Kier molecular flexibility index (Phi) is 4.61. The minimum Gasteiger partial charge on any atom is -0.356 e. The molecule has 0 spiro atoms. The van der Waals surface area contributed by atoms with Gasteiger partial charge in [0.15, 0.2) is 0 Å². The standard InChI is InChI=1S/C17H18N4O2S/c1-3-18-14(22)9-12-8-13-15(20-21-17(13)24-12)19-16(23)11-6-4-10(2)5-7-11/h4-8H,3,9H2,1-2H3,(H,18,22)(H2,19,20,21,23). The number of carbonyl (C=O) groups excluding carboxylic acids is 2. The van der Waals surface area contributed by atoms with Crippen LogP contribution in [0.3, 0.4) is 0 Å². The molecule has 3 N–H and O–H groups in total. The van der Waals surface area contributed by atoms with E-state index < -0.39 is 0 Å². The first kappa shape index (κ1) is 16.2. The van der Waals surface area contributed by atoms with Crippen LogP contribution in [-0.4, -0.2) is 28.6 Å². The Labute approximate surface area is 143 Å². The minimum atomic E-state index is -0.197. The smallest absolute Gasteiger partial charge is 0.256 e. The van der Waals surface area contributed by atoms with E-state index in [0.717, 1.165) is 20.7 Å². The summed E-state index contributed by atoms with van der Waals surface area (Å²) in [5, 5.41) is 13.5. The van der Waals surface area contributed by atoms with Gasteiger partial charge in [-0.3, -0.25) is 14.7 Å². The van der Waals surface area contributed by atoms with Crippen LogP contribution in [-0.2, 0) is 11.2 Å². The zero-order valence-electron chi connectivity index (χ0n) is 13.5. The number of aromatic nitrogens is 2. The topological polar surface area (TPSA) is 86.9 Å². The average Bonchev–Trinajstić information content (AvgIpc) is 3.09. The first-order chi connectivity index (χ1) is 11.6. The zero-order valence-corrected chi connectivity index (χ0v) is 14.3. The Morgan fingerprint density at radius 1 is 1.25 bits per heavy atom. The van der Waals surface area contributed by atoms with Crippen molar-refractivity contribution in [3.63, 3.8) is 0 Å². The van der Waals surface area contributed by atoms with E-state index in [1.165, 1.54) is 11.3 Å². The van der Waals surface area contributed by atoms with Crippen molar-refractivity contribution in [1.82, 2.24) is 15.5 Å². The van der Waals surface area contributed by atoms with Crippen LogP contribution < -0.4 is 10.6 Å². The Morgan fingerprint density at radius 3 is 2.71 bits per heavy atom. The van der Waals surface area contributed by atoms with Crippen LogP contribution in [0.5, 0.6) is 0 Å². The summed E-state index contributed by atoms with van der Waals surface area (Å²) in [6, 6.07) is 9.25. The number of likely N-dealkylation sites (N-methyl/N-ethyl adjacent to an activating group) is 1. The molecule has 0 radical (unpaired) electrons. The third-order valence-corrected chi connectivity index (χ3v) is 4.59. The predicted octanol–water partition coefficient (Wildman–Crippen LogP) is 2.86. The summed E-state index contributed by atoms with van der Waals surface area (Å²) in [5.41, 5.74) is 1.68. The highest BCUT2D eigenvalue weighted by Crippen LogP contribution is 2.29. The zero-order chi connectivity index (χ0) is 17.1. The molecule has 2 aromatic heterocycles. The van der Waals surface area contributed by atoms with Gasteiger partial charge in [-0.2, -0.15) is 5.10 Å². The number of nitrogens with zero attached hydrogens (tertiary/aromatic N) is 1. The molecule has 0 aliphatic carbocycles. The van der Waals surface area contributed by atoms with E-state index in [-0.39, 0.29) is 11.8 Å². The molecule has 0 bridgehead atoms. The van der Waals surface area contributed by atoms with Crippen molar-refractivity contribution in [3.8, 4) is 0 Å². The molecule has 0 saturated carbocycles. The molecule has 0 saturated heterocycles. The van der Waals surface area contributed by atoms with Gasteiger partial charge in [-0.1, -0.05) is 17.7 Å². The summed E-state index contributed by atoms with van der Waals surface area (Å²) < 4.78 is 0. The molecule has 0 atom stereocenters. The van der Waals surface area contributed by atoms with Crippen molar-refractivity contribution in [3.05, 3.63) is 46.3 Å². The second kappa shape index (κ2) is 6.84. The van der Waals surface area contributed by atoms with Gasteiger partial charge in [0, 0.05) is 17.0 Å². The molecular formula is C17H18N4O2S. The Morgan fingerprint density at radius 2 is 2.00 bits per heavy atom. The van der Waals surface area contributed by atoms with E-state index in [1.54, 1.807) is 12.1 Å². The van der Waals surface area contributed by atoms with Gasteiger partial charge in [0.1, 0.15) is 10.6 Å². The summed E-state index contributed by atoms with van der Waals surface area (Å²) in [6.45, 7) is 4.47. The summed E-state index contributed by atoms with van der Waals surface area (Å²) in [5.74, 6) is 0.335. The molecule has 0 aliphatic rings. The van der Waals surface area contributed by atoms with Gasteiger partial charge in [0.25, 0.3) is 5.91 Å². The van der Waals surface area contributed by atoms with Gasteiger partial charge in [0.05, 0.1) is 11.8 Å². The third-order valence-electron chi connectivity index (χ3n) is 3.56. The number of anilines is 1. The molecule has 0 aliphatic heterocycles. The molecule has 0 fully saturated rings. The van der Waals surface area contributed by atoms with Gasteiger partial charge < -0.3 is 10.6 Å². The van der Waals surface area contributed by atoms with Crippen molar-refractivity contribution in [2.75, 3.05) is 11.9 Å². The number of rotatable bonds is 5. The number of nitrogens with one attached hydrogen (secondary N) is 3. The lowest BCUT2D eigenvalue weighted by molar-refractivity contribution is -0.120. The predicted molar refractivity (Wildman–Crippen MR) is 95.5 cm³/mol. The van der Waals surface area contributed by atoms with E-state index in [9.17, 15) is 9.59 Å². The molecule has 1 aromatic carbocycles. The highest BCUT2D eigenvalue weighted by atomic mass is 32.1. The van der Waals surface area contributed by atoms with Crippen LogP contribution in [0, 0.1) is 6.92 Å². The largest absolute Gasteiger partial charge is 0.356 e. The van der Waals surface area contributed by atoms with E-state index in [1.807, 2.05) is 32.0 Å². The summed E-state index contributed by atoms with van der Waals surface area (Å²) in [7, 11) is 0. The lowest BCUT2D eigenvalue weighted by atomic mass is 10.1. The second-order valence-electron chi connectivity index (χ2n) is 5.48. The van der Waals surface area contributed by atoms with Crippen LogP contribution in [0.25, 0.3) is 10.2 Å². The maximum atomic E-state index is 12.3. The monoisotopic (exact) mass is 342 g/mol. The molecule has 0 unspecified atom stereocenters. The number of benzene rings is 1. The number of H-pyrrole nitrogens is 1. The normalized spacial score (nSPS) is 10.8. The molecule has 7 heteroatoms. The Balaban J connectivity index is 1.77. The molecule has 3 aromatic rings. The number of thiophene rings is 1. The van der Waals surface area contributed by atoms with Crippen LogP contribution in [0.15, 0.2) is 30.3 Å². The number of aromatic amines is 1. The molecular weight excluding hydrogens is 324 g/mol. The van der Waals surface area contributed by atoms with Crippen LogP contribution in [0.2, 0.25) is 0 Å². The highest BCUT2D eigenvalue weighted by molar-refractivity contribution is 7.18. The van der Waals surface area contributed by atoms with Crippen molar-refractivity contribution < 1.29 is 9.59 Å². The molecule has 2 heterocycles. The van der Waals surface area contributed by atoms with Crippen molar-refractivity contribution >= 4 is 39.2 Å². The number of carbonyl (C=O) groups is 2. The summed E-state index contributed by atoms with van der Waals surface area (Å²) >= 11 is 1.44. The first-order valence-electron chi connectivity index (χ1n) is 7.68. The summed E-state index contributed by atoms with van der Waals surface area (Å²) in [4.78, 5) is 25.7. The number of aryl methyl sites for hydroxylation is 1. The molecule has 2 amide bonds. The second-order valence-corrected chi connectivity index (χ2v) is 6.60. The maximum Gasteiger partial charge on any atom is 0.256 e. The maximum absolute atomic E-state index is 12.3. The van der Waals surface area contributed by atoms with Crippen molar-refractivity contribution in [1.29, 1.82) is 0 Å². The minimum absolute atomic E-state index is 0.0179. The molecule has 124 valence electrons. The van der Waals surface area contributed by atoms with Crippen LogP contribution >= 0.6 is 11.3 Å². The fourth-order valence-electron chi connectivity index (χ4n) is 2.35. The first-order valence-corrected chi connectivity index (χ1v) is 8.50.